The van der Waals surface area contributed by atoms with Gasteiger partial charge in [0.05, 0.1) is 10.9 Å². The highest BCUT2D eigenvalue weighted by Gasteiger charge is 2.08. The van der Waals surface area contributed by atoms with Crippen molar-refractivity contribution in [1.82, 2.24) is 15.1 Å². The van der Waals surface area contributed by atoms with Crippen LogP contribution in [0.25, 0.3) is 0 Å². The molecule has 2 rings (SSSR count). The Balaban J connectivity index is 1.91. The summed E-state index contributed by atoms with van der Waals surface area (Å²) in [5.41, 5.74) is 0. The van der Waals surface area contributed by atoms with Crippen LogP contribution in [-0.2, 0) is 13.1 Å². The summed E-state index contributed by atoms with van der Waals surface area (Å²) in [5, 5.41) is 7.74. The molecule has 2 aromatic rings. The third-order valence-electron chi connectivity index (χ3n) is 2.03. The first-order valence-corrected chi connectivity index (χ1v) is 6.04. The molecule has 0 aliphatic carbocycles. The van der Waals surface area contributed by atoms with Gasteiger partial charge in [-0.15, -0.1) is 21.5 Å². The van der Waals surface area contributed by atoms with Crippen molar-refractivity contribution in [2.24, 2.45) is 0 Å². The van der Waals surface area contributed by atoms with Crippen molar-refractivity contribution in [3.63, 3.8) is 0 Å². The van der Waals surface area contributed by atoms with E-state index < -0.39 is 0 Å². The van der Waals surface area contributed by atoms with E-state index in [9.17, 15) is 0 Å². The fourth-order valence-corrected chi connectivity index (χ4v) is 2.56. The first kappa shape index (κ1) is 11.6. The number of nitrogens with zero attached hydrogens (tertiary/aromatic N) is 3. The van der Waals surface area contributed by atoms with Gasteiger partial charge in [-0.1, -0.05) is 11.6 Å². The molecule has 6 heteroatoms. The zero-order valence-corrected chi connectivity index (χ0v) is 10.7. The molecule has 0 aliphatic heterocycles. The lowest BCUT2D eigenvalue weighted by Crippen LogP contribution is -2.16. The van der Waals surface area contributed by atoms with Gasteiger partial charge in [-0.3, -0.25) is 4.90 Å². The molecule has 0 aromatic carbocycles. The monoisotopic (exact) mass is 257 g/mol. The molecule has 0 saturated heterocycles. The minimum absolute atomic E-state index is 0.600. The first-order chi connectivity index (χ1) is 7.63. The Morgan fingerprint density at radius 1 is 1.38 bits per heavy atom. The normalized spacial score (nSPS) is 11.2. The Labute approximate surface area is 103 Å². The standard InChI is InChI=1S/C10H12ClN3OS/c1-7-12-13-10(15-7)6-14(2)5-8-3-4-9(11)16-8/h3-4H,5-6H2,1-2H3. The van der Waals surface area contributed by atoms with Crippen LogP contribution in [0, 0.1) is 6.92 Å². The van der Waals surface area contributed by atoms with Crippen LogP contribution in [0.2, 0.25) is 4.34 Å². The Morgan fingerprint density at radius 3 is 2.75 bits per heavy atom. The molecule has 0 spiro atoms. The number of aromatic nitrogens is 2. The fourth-order valence-electron chi connectivity index (χ4n) is 1.39. The second-order valence-corrected chi connectivity index (χ2v) is 5.39. The van der Waals surface area contributed by atoms with Crippen molar-refractivity contribution in [3.05, 3.63) is 33.1 Å². The molecule has 86 valence electrons. The summed E-state index contributed by atoms with van der Waals surface area (Å²) in [6.45, 7) is 3.27. The van der Waals surface area contributed by atoms with Crippen molar-refractivity contribution in [1.29, 1.82) is 0 Å². The summed E-state index contributed by atoms with van der Waals surface area (Å²) in [6.07, 6.45) is 0. The second kappa shape index (κ2) is 4.95. The number of thiophene rings is 1. The molecule has 2 heterocycles. The zero-order chi connectivity index (χ0) is 11.5. The minimum Gasteiger partial charge on any atom is -0.424 e. The van der Waals surface area contributed by atoms with E-state index in [1.54, 1.807) is 18.3 Å². The Morgan fingerprint density at radius 2 is 2.19 bits per heavy atom. The molecule has 0 N–H and O–H groups in total. The van der Waals surface area contributed by atoms with Gasteiger partial charge in [-0.05, 0) is 19.2 Å². The third-order valence-corrected chi connectivity index (χ3v) is 3.24. The molecule has 0 saturated carbocycles. The Kier molecular flexibility index (Phi) is 3.58. The summed E-state index contributed by atoms with van der Waals surface area (Å²) in [6, 6.07) is 3.94. The van der Waals surface area contributed by atoms with Crippen LogP contribution < -0.4 is 0 Å². The highest BCUT2D eigenvalue weighted by atomic mass is 35.5. The van der Waals surface area contributed by atoms with E-state index in [0.717, 1.165) is 10.9 Å². The summed E-state index contributed by atoms with van der Waals surface area (Å²) >= 11 is 7.46. The number of halogens is 1. The lowest BCUT2D eigenvalue weighted by Gasteiger charge is -2.12. The summed E-state index contributed by atoms with van der Waals surface area (Å²) in [5.74, 6) is 1.24. The number of rotatable bonds is 4. The molecule has 0 unspecified atom stereocenters. The van der Waals surface area contributed by atoms with E-state index in [1.807, 2.05) is 19.2 Å². The van der Waals surface area contributed by atoms with E-state index in [0.29, 0.717) is 18.3 Å². The van der Waals surface area contributed by atoms with Crippen LogP contribution >= 0.6 is 22.9 Å². The van der Waals surface area contributed by atoms with Gasteiger partial charge in [0.1, 0.15) is 0 Å². The lowest BCUT2D eigenvalue weighted by molar-refractivity contribution is 0.281. The highest BCUT2D eigenvalue weighted by Crippen LogP contribution is 2.22. The molecule has 0 fully saturated rings. The van der Waals surface area contributed by atoms with E-state index in [4.69, 9.17) is 16.0 Å². The van der Waals surface area contributed by atoms with Crippen molar-refractivity contribution < 1.29 is 4.42 Å². The van der Waals surface area contributed by atoms with Gasteiger partial charge in [0.25, 0.3) is 0 Å². The number of hydrogen-bond donors (Lipinski definition) is 0. The van der Waals surface area contributed by atoms with Crippen LogP contribution in [-0.4, -0.2) is 22.1 Å². The lowest BCUT2D eigenvalue weighted by atomic mass is 10.4. The molecule has 2 aromatic heterocycles. The van der Waals surface area contributed by atoms with Gasteiger partial charge < -0.3 is 4.42 Å². The topological polar surface area (TPSA) is 42.2 Å². The number of aryl methyl sites for hydroxylation is 1. The minimum atomic E-state index is 0.600. The SMILES string of the molecule is Cc1nnc(CN(C)Cc2ccc(Cl)s2)o1. The second-order valence-electron chi connectivity index (χ2n) is 3.59. The van der Waals surface area contributed by atoms with Gasteiger partial charge in [-0.25, -0.2) is 0 Å². The van der Waals surface area contributed by atoms with Gasteiger partial charge >= 0.3 is 0 Å². The van der Waals surface area contributed by atoms with Crippen LogP contribution in [0.5, 0.6) is 0 Å². The summed E-state index contributed by atoms with van der Waals surface area (Å²) in [4.78, 5) is 3.33. The first-order valence-electron chi connectivity index (χ1n) is 4.85. The third kappa shape index (κ3) is 3.04. The molecular weight excluding hydrogens is 246 g/mol. The molecule has 0 radical (unpaired) electrons. The van der Waals surface area contributed by atoms with E-state index in [1.165, 1.54) is 4.88 Å². The predicted octanol–water partition coefficient (Wildman–Crippen LogP) is 2.72. The van der Waals surface area contributed by atoms with Gasteiger partial charge in [-0.2, -0.15) is 0 Å². The molecule has 0 amide bonds. The summed E-state index contributed by atoms with van der Waals surface area (Å²) in [7, 11) is 2.01. The van der Waals surface area contributed by atoms with E-state index in [2.05, 4.69) is 15.1 Å². The molecule has 0 bridgehead atoms. The van der Waals surface area contributed by atoms with Crippen LogP contribution in [0.1, 0.15) is 16.7 Å². The molecule has 16 heavy (non-hydrogen) atoms. The van der Waals surface area contributed by atoms with Crippen LogP contribution in [0.3, 0.4) is 0 Å². The quantitative estimate of drug-likeness (QED) is 0.845. The molecule has 0 atom stereocenters. The Hall–Kier alpha value is -0.910. The maximum Gasteiger partial charge on any atom is 0.230 e. The van der Waals surface area contributed by atoms with Crippen LogP contribution in [0.15, 0.2) is 16.5 Å². The van der Waals surface area contributed by atoms with Crippen molar-refractivity contribution in [2.75, 3.05) is 7.05 Å². The zero-order valence-electron chi connectivity index (χ0n) is 9.11. The maximum absolute atomic E-state index is 5.87. The van der Waals surface area contributed by atoms with E-state index in [-0.39, 0.29) is 0 Å². The van der Waals surface area contributed by atoms with Gasteiger partial charge in [0, 0.05) is 18.3 Å². The van der Waals surface area contributed by atoms with Crippen molar-refractivity contribution in [2.45, 2.75) is 20.0 Å². The van der Waals surface area contributed by atoms with E-state index >= 15 is 0 Å². The average molecular weight is 258 g/mol. The smallest absolute Gasteiger partial charge is 0.230 e. The van der Waals surface area contributed by atoms with Crippen molar-refractivity contribution >= 4 is 22.9 Å². The molecular formula is C10H12ClN3OS. The predicted molar refractivity (Wildman–Crippen MR) is 63.5 cm³/mol. The van der Waals surface area contributed by atoms with Gasteiger partial charge in [0.15, 0.2) is 0 Å². The van der Waals surface area contributed by atoms with Crippen LogP contribution in [0.4, 0.5) is 0 Å². The maximum atomic E-state index is 5.87. The average Bonchev–Trinajstić information content (AvgIpc) is 2.76. The molecule has 4 nitrogen and oxygen atoms in total. The summed E-state index contributed by atoms with van der Waals surface area (Å²) < 4.78 is 6.13. The highest BCUT2D eigenvalue weighted by molar-refractivity contribution is 7.16. The number of hydrogen-bond acceptors (Lipinski definition) is 5. The fraction of sp³-hybridized carbons (Fsp3) is 0.400. The molecule has 0 aliphatic rings. The van der Waals surface area contributed by atoms with Crippen molar-refractivity contribution in [3.8, 4) is 0 Å². The van der Waals surface area contributed by atoms with Gasteiger partial charge in [0.2, 0.25) is 11.8 Å². The Bertz CT molecular complexity index is 426. The largest absolute Gasteiger partial charge is 0.424 e.